The molecule has 2 unspecified atom stereocenters. The molecular formula is C17H25NO. The first-order chi connectivity index (χ1) is 9.20. The van der Waals surface area contributed by atoms with Gasteiger partial charge in [-0.1, -0.05) is 26.2 Å². The lowest BCUT2D eigenvalue weighted by molar-refractivity contribution is 0.0971. The summed E-state index contributed by atoms with van der Waals surface area (Å²) < 4.78 is 2.52. The van der Waals surface area contributed by atoms with E-state index in [1.807, 2.05) is 0 Å². The van der Waals surface area contributed by atoms with Crippen LogP contribution in [0.4, 0.5) is 0 Å². The highest BCUT2D eigenvalue weighted by Crippen LogP contribution is 2.38. The van der Waals surface area contributed by atoms with Crippen molar-refractivity contribution < 1.29 is 4.79 Å². The fourth-order valence-corrected chi connectivity index (χ4v) is 4.13. The standard InChI is InChI=1S/C17H25NO/c1-3-13-6-4-7-14(11-13)18-12(2)10-15-16(18)8-5-9-17(15)19/h10,13-14H,3-9,11H2,1-2H3. The van der Waals surface area contributed by atoms with Gasteiger partial charge in [0.15, 0.2) is 5.78 Å². The van der Waals surface area contributed by atoms with E-state index in [4.69, 9.17) is 0 Å². The minimum atomic E-state index is 0.367. The minimum absolute atomic E-state index is 0.367. The van der Waals surface area contributed by atoms with Gasteiger partial charge in [-0.2, -0.15) is 0 Å². The molecule has 0 radical (unpaired) electrons. The van der Waals surface area contributed by atoms with Crippen LogP contribution < -0.4 is 0 Å². The van der Waals surface area contributed by atoms with Crippen LogP contribution in [0.15, 0.2) is 6.07 Å². The van der Waals surface area contributed by atoms with E-state index in [2.05, 4.69) is 24.5 Å². The van der Waals surface area contributed by atoms with E-state index in [0.29, 0.717) is 11.8 Å². The van der Waals surface area contributed by atoms with Crippen LogP contribution in [0.2, 0.25) is 0 Å². The first kappa shape index (κ1) is 13.0. The summed E-state index contributed by atoms with van der Waals surface area (Å²) in [7, 11) is 0. The molecule has 2 heteroatoms. The summed E-state index contributed by atoms with van der Waals surface area (Å²) >= 11 is 0. The van der Waals surface area contributed by atoms with E-state index in [0.717, 1.165) is 30.7 Å². The summed E-state index contributed by atoms with van der Waals surface area (Å²) in [5, 5.41) is 0. The number of rotatable bonds is 2. The highest BCUT2D eigenvalue weighted by atomic mass is 16.1. The molecule has 2 atom stereocenters. The van der Waals surface area contributed by atoms with Gasteiger partial charge in [-0.15, -0.1) is 0 Å². The largest absolute Gasteiger partial charge is 0.345 e. The lowest BCUT2D eigenvalue weighted by atomic mass is 9.83. The third kappa shape index (κ3) is 2.26. The summed E-state index contributed by atoms with van der Waals surface area (Å²) in [6.45, 7) is 4.50. The second kappa shape index (κ2) is 5.15. The van der Waals surface area contributed by atoms with Crippen LogP contribution in [0, 0.1) is 12.8 Å². The summed E-state index contributed by atoms with van der Waals surface area (Å²) in [4.78, 5) is 12.0. The summed E-state index contributed by atoms with van der Waals surface area (Å²) in [5.41, 5.74) is 3.68. The van der Waals surface area contributed by atoms with Crippen molar-refractivity contribution in [2.45, 2.75) is 71.3 Å². The van der Waals surface area contributed by atoms with Crippen LogP contribution in [0.1, 0.15) is 79.7 Å². The lowest BCUT2D eigenvalue weighted by Crippen LogP contribution is -2.23. The number of carbonyl (C=O) groups excluding carboxylic acids is 1. The first-order valence-corrected chi connectivity index (χ1v) is 7.94. The Balaban J connectivity index is 1.94. The smallest absolute Gasteiger partial charge is 0.164 e. The minimum Gasteiger partial charge on any atom is -0.345 e. The molecule has 0 aromatic carbocycles. The van der Waals surface area contributed by atoms with E-state index >= 15 is 0 Å². The third-order valence-electron chi connectivity index (χ3n) is 5.15. The Bertz CT molecular complexity index is 486. The third-order valence-corrected chi connectivity index (χ3v) is 5.15. The van der Waals surface area contributed by atoms with Crippen LogP contribution in [0.5, 0.6) is 0 Å². The molecule has 0 amide bonds. The van der Waals surface area contributed by atoms with E-state index in [-0.39, 0.29) is 0 Å². The zero-order chi connectivity index (χ0) is 13.4. The maximum absolute atomic E-state index is 12.0. The van der Waals surface area contributed by atoms with Crippen molar-refractivity contribution in [3.05, 3.63) is 23.0 Å². The number of nitrogens with zero attached hydrogens (tertiary/aromatic N) is 1. The SMILES string of the molecule is CCC1CCCC(n2c(C)cc3c2CCCC3=O)C1. The van der Waals surface area contributed by atoms with E-state index in [1.54, 1.807) is 0 Å². The number of hydrogen-bond donors (Lipinski definition) is 0. The fraction of sp³-hybridized carbons (Fsp3) is 0.706. The molecule has 1 aromatic heterocycles. The molecular weight excluding hydrogens is 234 g/mol. The molecule has 2 aliphatic carbocycles. The summed E-state index contributed by atoms with van der Waals surface area (Å²) in [6, 6.07) is 2.79. The molecule has 2 nitrogen and oxygen atoms in total. The van der Waals surface area contributed by atoms with Gasteiger partial charge in [0.25, 0.3) is 0 Å². The lowest BCUT2D eigenvalue weighted by Gasteiger charge is -2.32. The van der Waals surface area contributed by atoms with E-state index < -0.39 is 0 Å². The molecule has 1 heterocycles. The predicted molar refractivity (Wildman–Crippen MR) is 77.7 cm³/mol. The Morgan fingerprint density at radius 2 is 2.11 bits per heavy atom. The summed E-state index contributed by atoms with van der Waals surface area (Å²) in [6.07, 6.45) is 9.55. The Morgan fingerprint density at radius 1 is 1.26 bits per heavy atom. The zero-order valence-electron chi connectivity index (χ0n) is 12.2. The van der Waals surface area contributed by atoms with Crippen molar-refractivity contribution in [2.75, 3.05) is 0 Å². The quantitative estimate of drug-likeness (QED) is 0.768. The summed E-state index contributed by atoms with van der Waals surface area (Å²) in [5.74, 6) is 1.25. The molecule has 19 heavy (non-hydrogen) atoms. The molecule has 2 aliphatic rings. The van der Waals surface area contributed by atoms with Crippen LogP contribution in [-0.2, 0) is 6.42 Å². The number of carbonyl (C=O) groups is 1. The van der Waals surface area contributed by atoms with Gasteiger partial charge in [-0.25, -0.2) is 0 Å². The average Bonchev–Trinajstić information content (AvgIpc) is 2.77. The first-order valence-electron chi connectivity index (χ1n) is 7.94. The zero-order valence-corrected chi connectivity index (χ0v) is 12.2. The Morgan fingerprint density at radius 3 is 2.89 bits per heavy atom. The molecule has 0 bridgehead atoms. The highest BCUT2D eigenvalue weighted by molar-refractivity contribution is 5.98. The molecule has 0 spiro atoms. The number of ketones is 1. The van der Waals surface area contributed by atoms with Crippen molar-refractivity contribution in [1.82, 2.24) is 4.57 Å². The van der Waals surface area contributed by atoms with Crippen LogP contribution >= 0.6 is 0 Å². The molecule has 1 fully saturated rings. The van der Waals surface area contributed by atoms with Gasteiger partial charge in [0.2, 0.25) is 0 Å². The maximum Gasteiger partial charge on any atom is 0.164 e. The van der Waals surface area contributed by atoms with E-state index in [9.17, 15) is 4.79 Å². The Hall–Kier alpha value is -1.05. The van der Waals surface area contributed by atoms with Gasteiger partial charge in [-0.05, 0) is 44.6 Å². The van der Waals surface area contributed by atoms with Crippen molar-refractivity contribution in [1.29, 1.82) is 0 Å². The van der Waals surface area contributed by atoms with Gasteiger partial charge >= 0.3 is 0 Å². The number of aryl methyl sites for hydroxylation is 1. The molecule has 3 rings (SSSR count). The predicted octanol–water partition coefficient (Wildman–Crippen LogP) is 4.46. The van der Waals surface area contributed by atoms with Crippen molar-refractivity contribution in [3.8, 4) is 0 Å². The van der Waals surface area contributed by atoms with Crippen molar-refractivity contribution in [2.24, 2.45) is 5.92 Å². The number of fused-ring (bicyclic) bond motifs is 1. The molecule has 0 aliphatic heterocycles. The Labute approximate surface area is 116 Å². The molecule has 0 saturated heterocycles. The second-order valence-electron chi connectivity index (χ2n) is 6.39. The van der Waals surface area contributed by atoms with Crippen LogP contribution in [0.25, 0.3) is 0 Å². The van der Waals surface area contributed by atoms with Crippen LogP contribution in [0.3, 0.4) is 0 Å². The number of Topliss-reactive ketones (excluding diaryl/α,β-unsaturated/α-hetero) is 1. The van der Waals surface area contributed by atoms with Gasteiger partial charge in [0.05, 0.1) is 0 Å². The Kier molecular flexibility index (Phi) is 3.51. The highest BCUT2D eigenvalue weighted by Gasteiger charge is 2.28. The van der Waals surface area contributed by atoms with Crippen molar-refractivity contribution >= 4 is 5.78 Å². The molecule has 104 valence electrons. The van der Waals surface area contributed by atoms with E-state index in [1.165, 1.54) is 43.5 Å². The number of hydrogen-bond acceptors (Lipinski definition) is 1. The topological polar surface area (TPSA) is 22.0 Å². The molecule has 1 saturated carbocycles. The van der Waals surface area contributed by atoms with Crippen molar-refractivity contribution in [3.63, 3.8) is 0 Å². The fourth-order valence-electron chi connectivity index (χ4n) is 4.13. The second-order valence-corrected chi connectivity index (χ2v) is 6.39. The van der Waals surface area contributed by atoms with Crippen LogP contribution in [-0.4, -0.2) is 10.4 Å². The maximum atomic E-state index is 12.0. The van der Waals surface area contributed by atoms with Gasteiger partial charge in [0.1, 0.15) is 0 Å². The van der Waals surface area contributed by atoms with Gasteiger partial charge < -0.3 is 4.57 Å². The average molecular weight is 259 g/mol. The monoisotopic (exact) mass is 259 g/mol. The van der Waals surface area contributed by atoms with Gasteiger partial charge in [-0.3, -0.25) is 4.79 Å². The van der Waals surface area contributed by atoms with Gasteiger partial charge in [0, 0.05) is 29.4 Å². The normalized spacial score (nSPS) is 27.4. The molecule has 1 aromatic rings. The number of aromatic nitrogens is 1. The molecule has 0 N–H and O–H groups in total.